The van der Waals surface area contributed by atoms with Gasteiger partial charge in [-0.2, -0.15) is 10.1 Å². The number of ether oxygens (including phenoxy) is 4. The first-order chi connectivity index (χ1) is 24.1. The summed E-state index contributed by atoms with van der Waals surface area (Å²) in [6.07, 6.45) is 3.35. The molecule has 0 saturated heterocycles. The van der Waals surface area contributed by atoms with Crippen LogP contribution in [0.2, 0.25) is 0 Å². The summed E-state index contributed by atoms with van der Waals surface area (Å²) in [5.74, 6) is 3.67. The van der Waals surface area contributed by atoms with E-state index in [0.29, 0.717) is 47.1 Å². The predicted octanol–water partition coefficient (Wildman–Crippen LogP) is 8.30. The summed E-state index contributed by atoms with van der Waals surface area (Å²) in [6.45, 7) is 0.666. The van der Waals surface area contributed by atoms with Gasteiger partial charge in [-0.3, -0.25) is 9.58 Å². The van der Waals surface area contributed by atoms with E-state index in [0.717, 1.165) is 28.0 Å². The van der Waals surface area contributed by atoms with Crippen molar-refractivity contribution in [3.05, 3.63) is 133 Å². The number of methoxy groups -OCH3 is 3. The quantitative estimate of drug-likeness (QED) is 0.139. The number of hydrogen-bond acceptors (Lipinski definition) is 10. The molecule has 0 radical (unpaired) electrons. The number of nitrogens with zero attached hydrogens (tertiary/aromatic N) is 6. The van der Waals surface area contributed by atoms with Gasteiger partial charge in [-0.15, -0.1) is 0 Å². The molecule has 0 unspecified atom stereocenters. The van der Waals surface area contributed by atoms with Crippen LogP contribution >= 0.6 is 0 Å². The van der Waals surface area contributed by atoms with E-state index in [1.165, 1.54) is 11.9 Å². The number of anilines is 5. The van der Waals surface area contributed by atoms with Gasteiger partial charge >= 0.3 is 0 Å². The van der Waals surface area contributed by atoms with Gasteiger partial charge in [0.05, 0.1) is 39.6 Å². The van der Waals surface area contributed by atoms with Crippen molar-refractivity contribution in [3.63, 3.8) is 0 Å². The van der Waals surface area contributed by atoms with Crippen LogP contribution in [0.3, 0.4) is 0 Å². The summed E-state index contributed by atoms with van der Waals surface area (Å²) in [6, 6.07) is 37.5. The van der Waals surface area contributed by atoms with Crippen molar-refractivity contribution in [1.29, 1.82) is 0 Å². The minimum Gasteiger partial charge on any atom is -0.493 e. The number of fused-ring (bicyclic) bond motifs is 1. The van der Waals surface area contributed by atoms with Crippen LogP contribution in [0, 0.1) is 0 Å². The van der Waals surface area contributed by atoms with Crippen molar-refractivity contribution in [2.75, 3.05) is 31.5 Å². The first kappa shape index (κ1) is 31.0. The van der Waals surface area contributed by atoms with Crippen molar-refractivity contribution in [2.24, 2.45) is 0 Å². The number of aromatic nitrogens is 5. The molecule has 1 N–H and O–H groups in total. The van der Waals surface area contributed by atoms with Gasteiger partial charge in [0.2, 0.25) is 17.6 Å². The second kappa shape index (κ2) is 14.0. The maximum atomic E-state index is 6.06. The summed E-state index contributed by atoms with van der Waals surface area (Å²) < 4.78 is 24.6. The molecule has 0 bridgehead atoms. The second-order valence-electron chi connectivity index (χ2n) is 10.9. The van der Waals surface area contributed by atoms with Gasteiger partial charge in [-0.25, -0.2) is 9.97 Å². The Morgan fingerprint density at radius 3 is 2.06 bits per heavy atom. The van der Waals surface area contributed by atoms with Crippen molar-refractivity contribution in [3.8, 4) is 28.7 Å². The molecule has 0 aliphatic carbocycles. The van der Waals surface area contributed by atoms with Crippen molar-refractivity contribution in [1.82, 2.24) is 24.7 Å². The highest BCUT2D eigenvalue weighted by atomic mass is 16.5. The highest BCUT2D eigenvalue weighted by Crippen LogP contribution is 2.41. The van der Waals surface area contributed by atoms with E-state index in [9.17, 15) is 0 Å². The van der Waals surface area contributed by atoms with Crippen LogP contribution in [-0.4, -0.2) is 46.1 Å². The molecule has 7 rings (SSSR count). The van der Waals surface area contributed by atoms with Crippen LogP contribution in [-0.2, 0) is 6.54 Å². The lowest BCUT2D eigenvalue weighted by molar-refractivity contribution is 0.324. The first-order valence-corrected chi connectivity index (χ1v) is 15.5. The van der Waals surface area contributed by atoms with Gasteiger partial charge in [-0.1, -0.05) is 48.5 Å². The lowest BCUT2D eigenvalue weighted by Gasteiger charge is -2.23. The molecule has 0 amide bonds. The fourth-order valence-corrected chi connectivity index (χ4v) is 5.50. The van der Waals surface area contributed by atoms with E-state index in [2.05, 4.69) is 39.6 Å². The Bertz CT molecular complexity index is 2150. The van der Waals surface area contributed by atoms with Crippen LogP contribution in [0.4, 0.5) is 29.0 Å². The van der Waals surface area contributed by atoms with Crippen molar-refractivity contribution < 1.29 is 18.9 Å². The minimum atomic E-state index is 0.324. The van der Waals surface area contributed by atoms with Crippen molar-refractivity contribution >= 4 is 39.9 Å². The zero-order valence-corrected chi connectivity index (χ0v) is 27.1. The topological polar surface area (TPSA) is 109 Å². The normalized spacial score (nSPS) is 10.8. The average molecular weight is 652 g/mol. The number of para-hydroxylation sites is 1. The number of benzene rings is 5. The molecule has 11 nitrogen and oxygen atoms in total. The Hall–Kier alpha value is -6.62. The monoisotopic (exact) mass is 651 g/mol. The maximum absolute atomic E-state index is 6.06. The molecule has 5 aromatic carbocycles. The third-order valence-corrected chi connectivity index (χ3v) is 7.81. The lowest BCUT2D eigenvalue weighted by Crippen LogP contribution is -2.14. The Morgan fingerprint density at radius 1 is 0.694 bits per heavy atom. The smallest absolute Gasteiger partial charge is 0.239 e. The Balaban J connectivity index is 1.25. The van der Waals surface area contributed by atoms with Gasteiger partial charge in [-0.05, 0) is 60.2 Å². The molecule has 0 fully saturated rings. The second-order valence-corrected chi connectivity index (χ2v) is 10.9. The molecular weight excluding hydrogens is 618 g/mol. The molecule has 49 heavy (non-hydrogen) atoms. The Kier molecular flexibility index (Phi) is 8.87. The SMILES string of the molecule is COc1cc(Nc2ncnc(N(c3ccc(Oc4ccccc4)cc3)c3ccc4c(cnn4Cc4ccccc4)c3)n2)cc(OC)c1OC. The standard InChI is InChI=1S/C38H33N7O4/c1-46-34-21-28(22-35(47-2)36(34)48-3)42-37-39-25-40-38(43-37)45(29-14-17-32(18-15-29)49-31-12-8-5-9-13-31)30-16-19-33-27(20-30)23-41-44(33)24-26-10-6-4-7-11-26/h4-23,25H,24H2,1-3H3,(H,39,40,42,43). The number of nitrogens with one attached hydrogen (secondary N) is 1. The summed E-state index contributed by atoms with van der Waals surface area (Å²) in [5, 5.41) is 8.93. The first-order valence-electron chi connectivity index (χ1n) is 15.5. The third kappa shape index (κ3) is 6.77. The summed E-state index contributed by atoms with van der Waals surface area (Å²) >= 11 is 0. The molecule has 7 aromatic rings. The van der Waals surface area contributed by atoms with Gasteiger partial charge in [0.15, 0.2) is 11.5 Å². The molecule has 0 aliphatic rings. The van der Waals surface area contributed by atoms with Crippen LogP contribution in [0.5, 0.6) is 28.7 Å². The summed E-state index contributed by atoms with van der Waals surface area (Å²) in [4.78, 5) is 15.8. The lowest BCUT2D eigenvalue weighted by atomic mass is 10.2. The van der Waals surface area contributed by atoms with Gasteiger partial charge in [0.25, 0.3) is 0 Å². The molecular formula is C38H33N7O4. The summed E-state index contributed by atoms with van der Waals surface area (Å²) in [5.41, 5.74) is 4.50. The molecule has 0 aliphatic heterocycles. The molecule has 2 heterocycles. The maximum Gasteiger partial charge on any atom is 0.239 e. The van der Waals surface area contributed by atoms with E-state index in [1.54, 1.807) is 33.5 Å². The molecule has 2 aromatic heterocycles. The average Bonchev–Trinajstić information content (AvgIpc) is 3.54. The van der Waals surface area contributed by atoms with E-state index in [1.807, 2.05) is 94.6 Å². The van der Waals surface area contributed by atoms with E-state index in [4.69, 9.17) is 29.0 Å². The Morgan fingerprint density at radius 2 is 1.37 bits per heavy atom. The zero-order chi connectivity index (χ0) is 33.6. The molecule has 0 saturated carbocycles. The van der Waals surface area contributed by atoms with Crippen molar-refractivity contribution in [2.45, 2.75) is 6.54 Å². The summed E-state index contributed by atoms with van der Waals surface area (Å²) in [7, 11) is 4.70. The largest absolute Gasteiger partial charge is 0.493 e. The molecule has 244 valence electrons. The van der Waals surface area contributed by atoms with Gasteiger partial charge in [0, 0.05) is 34.6 Å². The number of hydrogen-bond donors (Lipinski definition) is 1. The molecule has 0 spiro atoms. The fraction of sp³-hybridized carbons (Fsp3) is 0.105. The fourth-order valence-electron chi connectivity index (χ4n) is 5.50. The predicted molar refractivity (Wildman–Crippen MR) is 189 cm³/mol. The molecule has 0 atom stereocenters. The zero-order valence-electron chi connectivity index (χ0n) is 27.1. The molecule has 11 heteroatoms. The Labute approximate surface area is 283 Å². The van der Waals surface area contributed by atoms with Gasteiger partial charge < -0.3 is 24.3 Å². The van der Waals surface area contributed by atoms with Gasteiger partial charge in [0.1, 0.15) is 17.8 Å². The minimum absolute atomic E-state index is 0.324. The third-order valence-electron chi connectivity index (χ3n) is 7.81. The van der Waals surface area contributed by atoms with E-state index in [-0.39, 0.29) is 0 Å². The highest BCUT2D eigenvalue weighted by Gasteiger charge is 2.19. The number of rotatable bonds is 12. The van der Waals surface area contributed by atoms with Crippen LogP contribution in [0.25, 0.3) is 10.9 Å². The highest BCUT2D eigenvalue weighted by molar-refractivity contribution is 5.86. The van der Waals surface area contributed by atoms with Crippen LogP contribution < -0.4 is 29.2 Å². The van der Waals surface area contributed by atoms with Crippen LogP contribution in [0.1, 0.15) is 5.56 Å². The van der Waals surface area contributed by atoms with E-state index < -0.39 is 0 Å². The van der Waals surface area contributed by atoms with Crippen LogP contribution in [0.15, 0.2) is 128 Å². The van der Waals surface area contributed by atoms with E-state index >= 15 is 0 Å².